The minimum absolute atomic E-state index is 0.397. The van der Waals surface area contributed by atoms with Crippen LogP contribution in [0.15, 0.2) is 24.5 Å². The highest BCUT2D eigenvalue weighted by atomic mass is 35.5. The summed E-state index contributed by atoms with van der Waals surface area (Å²) < 4.78 is 1.65. The van der Waals surface area contributed by atoms with E-state index < -0.39 is 0 Å². The van der Waals surface area contributed by atoms with E-state index in [0.29, 0.717) is 17.4 Å². The smallest absolute Gasteiger partial charge is 0.172 e. The molecule has 78 valence electrons. The Morgan fingerprint density at radius 3 is 2.87 bits per heavy atom. The number of nitrogens with two attached hydrogens (primary N) is 1. The molecule has 0 radical (unpaired) electrons. The van der Waals surface area contributed by atoms with Gasteiger partial charge in [0, 0.05) is 18.9 Å². The highest BCUT2D eigenvalue weighted by Crippen LogP contribution is 2.21. The molecule has 0 aliphatic carbocycles. The van der Waals surface area contributed by atoms with Crippen molar-refractivity contribution in [3.63, 3.8) is 0 Å². The SMILES string of the molecule is Cc1ccn(-c2nccc(CN)c2Cl)n1. The van der Waals surface area contributed by atoms with Gasteiger partial charge < -0.3 is 5.73 Å². The van der Waals surface area contributed by atoms with Crippen molar-refractivity contribution in [3.05, 3.63) is 40.8 Å². The number of aromatic nitrogens is 3. The molecule has 0 atom stereocenters. The van der Waals surface area contributed by atoms with Crippen LogP contribution in [0.25, 0.3) is 5.82 Å². The van der Waals surface area contributed by atoms with Gasteiger partial charge in [0.05, 0.1) is 10.7 Å². The Bertz CT molecular complexity index is 478. The number of rotatable bonds is 2. The predicted molar refractivity (Wildman–Crippen MR) is 59.0 cm³/mol. The maximum absolute atomic E-state index is 6.15. The molecule has 0 aliphatic heterocycles. The number of aryl methyl sites for hydroxylation is 1. The largest absolute Gasteiger partial charge is 0.326 e. The van der Waals surface area contributed by atoms with Gasteiger partial charge in [-0.2, -0.15) is 5.10 Å². The van der Waals surface area contributed by atoms with E-state index in [0.717, 1.165) is 11.3 Å². The van der Waals surface area contributed by atoms with Gasteiger partial charge >= 0.3 is 0 Å². The lowest BCUT2D eigenvalue weighted by Crippen LogP contribution is -2.04. The third-order valence-electron chi connectivity index (χ3n) is 2.11. The normalized spacial score (nSPS) is 10.6. The molecule has 0 unspecified atom stereocenters. The van der Waals surface area contributed by atoms with Gasteiger partial charge in [0.1, 0.15) is 0 Å². The summed E-state index contributed by atoms with van der Waals surface area (Å²) in [5, 5.41) is 4.80. The summed E-state index contributed by atoms with van der Waals surface area (Å²) in [7, 11) is 0. The van der Waals surface area contributed by atoms with Crippen molar-refractivity contribution >= 4 is 11.6 Å². The molecule has 15 heavy (non-hydrogen) atoms. The molecule has 0 aliphatic rings. The van der Waals surface area contributed by atoms with Crippen LogP contribution in [0.1, 0.15) is 11.3 Å². The third-order valence-corrected chi connectivity index (χ3v) is 2.52. The van der Waals surface area contributed by atoms with E-state index in [1.807, 2.05) is 25.3 Å². The summed E-state index contributed by atoms with van der Waals surface area (Å²) >= 11 is 6.15. The topological polar surface area (TPSA) is 56.7 Å². The molecular weight excluding hydrogens is 212 g/mol. The minimum Gasteiger partial charge on any atom is -0.326 e. The second kappa shape index (κ2) is 4.00. The first-order valence-corrected chi connectivity index (χ1v) is 4.96. The first kappa shape index (κ1) is 10.1. The van der Waals surface area contributed by atoms with Crippen LogP contribution in [0.2, 0.25) is 5.02 Å². The molecule has 4 nitrogen and oxygen atoms in total. The molecule has 2 rings (SSSR count). The van der Waals surface area contributed by atoms with Gasteiger partial charge in [-0.1, -0.05) is 11.6 Å². The van der Waals surface area contributed by atoms with Crippen LogP contribution in [0.5, 0.6) is 0 Å². The van der Waals surface area contributed by atoms with Crippen LogP contribution >= 0.6 is 11.6 Å². The highest BCUT2D eigenvalue weighted by Gasteiger charge is 2.08. The van der Waals surface area contributed by atoms with Crippen molar-refractivity contribution in [2.24, 2.45) is 5.73 Å². The van der Waals surface area contributed by atoms with E-state index in [1.54, 1.807) is 10.9 Å². The second-order valence-corrected chi connectivity index (χ2v) is 3.59. The molecule has 0 aromatic carbocycles. The van der Waals surface area contributed by atoms with E-state index in [1.165, 1.54) is 0 Å². The second-order valence-electron chi connectivity index (χ2n) is 3.21. The Morgan fingerprint density at radius 1 is 1.47 bits per heavy atom. The predicted octanol–water partition coefficient (Wildman–Crippen LogP) is 1.69. The molecular formula is C10H11ClN4. The van der Waals surface area contributed by atoms with Crippen LogP contribution in [0.3, 0.4) is 0 Å². The maximum Gasteiger partial charge on any atom is 0.172 e. The van der Waals surface area contributed by atoms with Gasteiger partial charge in [-0.25, -0.2) is 9.67 Å². The number of hydrogen-bond acceptors (Lipinski definition) is 3. The van der Waals surface area contributed by atoms with E-state index in [4.69, 9.17) is 17.3 Å². The lowest BCUT2D eigenvalue weighted by molar-refractivity contribution is 0.828. The van der Waals surface area contributed by atoms with Crippen molar-refractivity contribution in [3.8, 4) is 5.82 Å². The van der Waals surface area contributed by atoms with Crippen molar-refractivity contribution < 1.29 is 0 Å². The van der Waals surface area contributed by atoms with Crippen LogP contribution in [-0.2, 0) is 6.54 Å². The Morgan fingerprint density at radius 2 is 2.27 bits per heavy atom. The van der Waals surface area contributed by atoms with Gasteiger partial charge in [0.2, 0.25) is 0 Å². The monoisotopic (exact) mass is 222 g/mol. The average molecular weight is 223 g/mol. The van der Waals surface area contributed by atoms with Crippen LogP contribution in [0, 0.1) is 6.92 Å². The molecule has 0 bridgehead atoms. The van der Waals surface area contributed by atoms with Crippen molar-refractivity contribution in [2.45, 2.75) is 13.5 Å². The fourth-order valence-electron chi connectivity index (χ4n) is 1.32. The zero-order valence-corrected chi connectivity index (χ0v) is 9.07. The van der Waals surface area contributed by atoms with Gasteiger partial charge in [0.25, 0.3) is 0 Å². The van der Waals surface area contributed by atoms with Gasteiger partial charge in [0.15, 0.2) is 5.82 Å². The Kier molecular flexibility index (Phi) is 2.70. The lowest BCUT2D eigenvalue weighted by atomic mass is 10.2. The molecule has 0 spiro atoms. The van der Waals surface area contributed by atoms with Gasteiger partial charge in [-0.15, -0.1) is 0 Å². The fraction of sp³-hybridized carbons (Fsp3) is 0.200. The first-order valence-electron chi connectivity index (χ1n) is 4.58. The van der Waals surface area contributed by atoms with Gasteiger partial charge in [-0.3, -0.25) is 0 Å². The molecule has 0 amide bonds. The van der Waals surface area contributed by atoms with E-state index in [9.17, 15) is 0 Å². The number of hydrogen-bond donors (Lipinski definition) is 1. The Hall–Kier alpha value is -1.39. The summed E-state index contributed by atoms with van der Waals surface area (Å²) in [6.07, 6.45) is 3.50. The molecule has 0 saturated heterocycles. The molecule has 2 aromatic rings. The average Bonchev–Trinajstić information content (AvgIpc) is 2.65. The van der Waals surface area contributed by atoms with Crippen LogP contribution in [-0.4, -0.2) is 14.8 Å². The zero-order valence-electron chi connectivity index (χ0n) is 8.31. The molecule has 2 N–H and O–H groups in total. The molecule has 2 heterocycles. The zero-order chi connectivity index (χ0) is 10.8. The van der Waals surface area contributed by atoms with Crippen LogP contribution < -0.4 is 5.73 Å². The fourth-order valence-corrected chi connectivity index (χ4v) is 1.60. The Balaban J connectivity index is 2.53. The number of pyridine rings is 1. The summed E-state index contributed by atoms with van der Waals surface area (Å²) in [5.41, 5.74) is 7.35. The first-order chi connectivity index (χ1) is 7.22. The molecule has 0 fully saturated rings. The summed E-state index contributed by atoms with van der Waals surface area (Å²) in [4.78, 5) is 4.18. The molecule has 2 aromatic heterocycles. The summed E-state index contributed by atoms with van der Waals surface area (Å²) in [5.74, 6) is 0.618. The van der Waals surface area contributed by atoms with Crippen molar-refractivity contribution in [1.29, 1.82) is 0 Å². The number of halogens is 1. The maximum atomic E-state index is 6.15. The quantitative estimate of drug-likeness (QED) is 0.841. The molecule has 0 saturated carbocycles. The van der Waals surface area contributed by atoms with Crippen molar-refractivity contribution in [2.75, 3.05) is 0 Å². The lowest BCUT2D eigenvalue weighted by Gasteiger charge is -2.06. The Labute approximate surface area is 92.7 Å². The molecule has 5 heteroatoms. The van der Waals surface area contributed by atoms with Crippen LogP contribution in [0.4, 0.5) is 0 Å². The van der Waals surface area contributed by atoms with Gasteiger partial charge in [-0.05, 0) is 24.6 Å². The van der Waals surface area contributed by atoms with Crippen molar-refractivity contribution in [1.82, 2.24) is 14.8 Å². The van der Waals surface area contributed by atoms with E-state index in [2.05, 4.69) is 10.1 Å². The van der Waals surface area contributed by atoms with E-state index in [-0.39, 0.29) is 0 Å². The number of nitrogens with zero attached hydrogens (tertiary/aromatic N) is 3. The third kappa shape index (κ3) is 1.86. The summed E-state index contributed by atoms with van der Waals surface area (Å²) in [6, 6.07) is 3.70. The summed E-state index contributed by atoms with van der Waals surface area (Å²) in [6.45, 7) is 2.31. The minimum atomic E-state index is 0.397. The highest BCUT2D eigenvalue weighted by molar-refractivity contribution is 6.32. The van der Waals surface area contributed by atoms with E-state index >= 15 is 0 Å². The standard InChI is InChI=1S/C10H11ClN4/c1-7-3-5-15(14-7)10-9(11)8(6-12)2-4-13-10/h2-5H,6,12H2,1H3.